The van der Waals surface area contributed by atoms with Crippen LogP contribution in [0.1, 0.15) is 73.9 Å². The SMILES string of the molecule is COc1ccc2c(c1)/C(=C/C(=O)c1cccc(NC(=O)CCC3CCCC3)c1)NC(C)(C)C2. The van der Waals surface area contributed by atoms with Gasteiger partial charge in [-0.05, 0) is 62.4 Å². The first kappa shape index (κ1) is 23.1. The summed E-state index contributed by atoms with van der Waals surface area (Å²) in [5, 5.41) is 6.47. The highest BCUT2D eigenvalue weighted by Crippen LogP contribution is 2.33. The highest BCUT2D eigenvalue weighted by Gasteiger charge is 2.28. The topological polar surface area (TPSA) is 67.4 Å². The number of methoxy groups -OCH3 is 1. The summed E-state index contributed by atoms with van der Waals surface area (Å²) in [4.78, 5) is 25.6. The third-order valence-electron chi connectivity index (χ3n) is 6.67. The Morgan fingerprint density at radius 1 is 1.15 bits per heavy atom. The average molecular weight is 447 g/mol. The second-order valence-corrected chi connectivity index (χ2v) is 9.95. The number of allylic oxidation sites excluding steroid dienone is 1. The number of carbonyl (C=O) groups is 2. The van der Waals surface area contributed by atoms with Crippen molar-refractivity contribution < 1.29 is 14.3 Å². The Balaban J connectivity index is 1.49. The van der Waals surface area contributed by atoms with E-state index in [1.54, 1.807) is 25.3 Å². The number of carbonyl (C=O) groups excluding carboxylic acids is 2. The Bertz CT molecular complexity index is 1060. The van der Waals surface area contributed by atoms with E-state index in [2.05, 4.69) is 30.5 Å². The first-order valence-electron chi connectivity index (χ1n) is 11.9. The summed E-state index contributed by atoms with van der Waals surface area (Å²) in [6, 6.07) is 13.2. The largest absolute Gasteiger partial charge is 0.497 e. The van der Waals surface area contributed by atoms with E-state index in [1.165, 1.54) is 31.2 Å². The van der Waals surface area contributed by atoms with Crippen molar-refractivity contribution in [3.63, 3.8) is 0 Å². The van der Waals surface area contributed by atoms with Crippen molar-refractivity contribution in [1.29, 1.82) is 0 Å². The van der Waals surface area contributed by atoms with Crippen molar-refractivity contribution in [2.24, 2.45) is 5.92 Å². The van der Waals surface area contributed by atoms with E-state index in [-0.39, 0.29) is 17.2 Å². The standard InChI is InChI=1S/C28H34N2O3/c1-28(2)18-21-12-13-23(33-3)16-24(21)25(30-28)17-26(31)20-9-6-10-22(15-20)29-27(32)14-11-19-7-4-5-8-19/h6,9-10,12-13,15-17,19,30H,4-5,7-8,11,14,18H2,1-3H3,(H,29,32)/b25-17-. The molecule has 1 aliphatic carbocycles. The zero-order chi connectivity index (χ0) is 23.4. The quantitative estimate of drug-likeness (QED) is 0.420. The third kappa shape index (κ3) is 5.84. The minimum absolute atomic E-state index is 0.0153. The molecule has 0 unspecified atom stereocenters. The number of amides is 1. The Hall–Kier alpha value is -3.08. The lowest BCUT2D eigenvalue weighted by Gasteiger charge is -2.35. The van der Waals surface area contributed by atoms with E-state index < -0.39 is 0 Å². The lowest BCUT2D eigenvalue weighted by Crippen LogP contribution is -2.43. The molecule has 2 aromatic rings. The third-order valence-corrected chi connectivity index (χ3v) is 6.67. The van der Waals surface area contributed by atoms with Crippen molar-refractivity contribution >= 4 is 23.1 Å². The molecule has 1 fully saturated rings. The van der Waals surface area contributed by atoms with E-state index in [4.69, 9.17) is 4.74 Å². The van der Waals surface area contributed by atoms with Gasteiger partial charge in [0.25, 0.3) is 0 Å². The molecule has 2 N–H and O–H groups in total. The molecule has 1 amide bonds. The molecular formula is C28H34N2O3. The van der Waals surface area contributed by atoms with E-state index in [0.29, 0.717) is 23.6 Å². The van der Waals surface area contributed by atoms with Crippen LogP contribution in [0.4, 0.5) is 5.69 Å². The van der Waals surface area contributed by atoms with Crippen molar-refractivity contribution in [3.8, 4) is 5.75 Å². The van der Waals surface area contributed by atoms with Gasteiger partial charge in [-0.1, -0.05) is 43.9 Å². The molecule has 0 spiro atoms. The molecule has 4 rings (SSSR count). The predicted octanol–water partition coefficient (Wildman–Crippen LogP) is 5.75. The lowest BCUT2D eigenvalue weighted by molar-refractivity contribution is -0.116. The van der Waals surface area contributed by atoms with Gasteiger partial charge in [0.15, 0.2) is 5.78 Å². The van der Waals surface area contributed by atoms with Crippen LogP contribution in [0.25, 0.3) is 5.70 Å². The molecular weight excluding hydrogens is 412 g/mol. The minimum Gasteiger partial charge on any atom is -0.497 e. The van der Waals surface area contributed by atoms with Crippen LogP contribution in [0, 0.1) is 5.92 Å². The number of ether oxygens (including phenoxy) is 1. The smallest absolute Gasteiger partial charge is 0.224 e. The normalized spacial score (nSPS) is 18.5. The number of hydrogen-bond donors (Lipinski definition) is 2. The van der Waals surface area contributed by atoms with Crippen LogP contribution in [0.3, 0.4) is 0 Å². The van der Waals surface area contributed by atoms with Crippen LogP contribution in [0.2, 0.25) is 0 Å². The summed E-state index contributed by atoms with van der Waals surface area (Å²) in [5.41, 5.74) is 4.00. The van der Waals surface area contributed by atoms with E-state index >= 15 is 0 Å². The van der Waals surface area contributed by atoms with Gasteiger partial charge in [-0.15, -0.1) is 0 Å². The highest BCUT2D eigenvalue weighted by atomic mass is 16.5. The van der Waals surface area contributed by atoms with Crippen molar-refractivity contribution in [3.05, 3.63) is 65.2 Å². The van der Waals surface area contributed by atoms with Crippen LogP contribution in [0.5, 0.6) is 5.75 Å². The maximum atomic E-state index is 13.2. The van der Waals surface area contributed by atoms with Gasteiger partial charge in [0, 0.05) is 40.5 Å². The monoisotopic (exact) mass is 446 g/mol. The van der Waals surface area contributed by atoms with Crippen molar-refractivity contribution in [2.75, 3.05) is 12.4 Å². The number of benzene rings is 2. The summed E-state index contributed by atoms with van der Waals surface area (Å²) in [7, 11) is 1.64. The molecule has 5 nitrogen and oxygen atoms in total. The zero-order valence-electron chi connectivity index (χ0n) is 19.9. The molecule has 0 saturated heterocycles. The lowest BCUT2D eigenvalue weighted by atomic mass is 9.85. The van der Waals surface area contributed by atoms with Gasteiger partial charge in [-0.25, -0.2) is 0 Å². The fourth-order valence-corrected chi connectivity index (χ4v) is 4.98. The molecule has 174 valence electrons. The number of rotatable bonds is 7. The van der Waals surface area contributed by atoms with Crippen LogP contribution in [-0.4, -0.2) is 24.3 Å². The van der Waals surface area contributed by atoms with Crippen molar-refractivity contribution in [1.82, 2.24) is 5.32 Å². The molecule has 2 aromatic carbocycles. The summed E-state index contributed by atoms with van der Waals surface area (Å²) in [5.74, 6) is 1.35. The summed E-state index contributed by atoms with van der Waals surface area (Å²) < 4.78 is 5.40. The molecule has 33 heavy (non-hydrogen) atoms. The Labute approximate surface area is 196 Å². The van der Waals surface area contributed by atoms with E-state index in [1.807, 2.05) is 24.3 Å². The molecule has 1 aliphatic heterocycles. The maximum absolute atomic E-state index is 13.2. The fraction of sp³-hybridized carbons (Fsp3) is 0.429. The van der Waals surface area contributed by atoms with Gasteiger partial charge in [-0.2, -0.15) is 0 Å². The van der Waals surface area contributed by atoms with Gasteiger partial charge in [-0.3, -0.25) is 9.59 Å². The second-order valence-electron chi connectivity index (χ2n) is 9.95. The number of anilines is 1. The van der Waals surface area contributed by atoms with Gasteiger partial charge in [0.1, 0.15) is 5.75 Å². The van der Waals surface area contributed by atoms with Crippen LogP contribution in [-0.2, 0) is 11.2 Å². The molecule has 1 heterocycles. The molecule has 0 bridgehead atoms. The van der Waals surface area contributed by atoms with Crippen LogP contribution in [0.15, 0.2) is 48.5 Å². The average Bonchev–Trinajstić information content (AvgIpc) is 3.31. The number of fused-ring (bicyclic) bond motifs is 1. The minimum atomic E-state index is -0.164. The zero-order valence-corrected chi connectivity index (χ0v) is 19.9. The van der Waals surface area contributed by atoms with E-state index in [0.717, 1.165) is 29.9 Å². The van der Waals surface area contributed by atoms with Crippen LogP contribution >= 0.6 is 0 Å². The fourth-order valence-electron chi connectivity index (χ4n) is 4.98. The highest BCUT2D eigenvalue weighted by molar-refractivity contribution is 6.09. The first-order valence-corrected chi connectivity index (χ1v) is 11.9. The summed E-state index contributed by atoms with van der Waals surface area (Å²) in [6.45, 7) is 4.25. The number of ketones is 1. The van der Waals surface area contributed by atoms with Gasteiger partial charge in [0.2, 0.25) is 5.91 Å². The first-order chi connectivity index (χ1) is 15.8. The number of hydrogen-bond acceptors (Lipinski definition) is 4. The molecule has 1 saturated carbocycles. The van der Waals surface area contributed by atoms with Gasteiger partial charge < -0.3 is 15.4 Å². The molecule has 0 radical (unpaired) electrons. The maximum Gasteiger partial charge on any atom is 0.224 e. The summed E-state index contributed by atoms with van der Waals surface area (Å²) >= 11 is 0. The number of nitrogens with one attached hydrogen (secondary N) is 2. The van der Waals surface area contributed by atoms with Gasteiger partial charge in [0.05, 0.1) is 7.11 Å². The Kier molecular flexibility index (Phi) is 6.87. The van der Waals surface area contributed by atoms with E-state index in [9.17, 15) is 9.59 Å². The molecule has 0 atom stereocenters. The van der Waals surface area contributed by atoms with Crippen molar-refractivity contribution in [2.45, 2.75) is 64.3 Å². The van der Waals surface area contributed by atoms with Crippen LogP contribution < -0.4 is 15.4 Å². The Morgan fingerprint density at radius 3 is 2.70 bits per heavy atom. The Morgan fingerprint density at radius 2 is 1.94 bits per heavy atom. The predicted molar refractivity (Wildman–Crippen MR) is 132 cm³/mol. The second kappa shape index (κ2) is 9.82. The molecule has 2 aliphatic rings. The molecule has 0 aromatic heterocycles. The van der Waals surface area contributed by atoms with Gasteiger partial charge >= 0.3 is 0 Å². The summed E-state index contributed by atoms with van der Waals surface area (Å²) in [6.07, 6.45) is 9.05. The molecule has 5 heteroatoms.